The van der Waals surface area contributed by atoms with Crippen LogP contribution < -0.4 is 5.32 Å². The minimum absolute atomic E-state index is 0.0920. The molecule has 1 spiro atoms. The Balaban J connectivity index is 1.68. The van der Waals surface area contributed by atoms with E-state index in [9.17, 15) is 9.59 Å². The van der Waals surface area contributed by atoms with E-state index in [-0.39, 0.29) is 24.5 Å². The summed E-state index contributed by atoms with van der Waals surface area (Å²) in [6, 6.07) is 5.15. The van der Waals surface area contributed by atoms with Gasteiger partial charge in [-0.2, -0.15) is 0 Å². The first-order valence-electron chi connectivity index (χ1n) is 8.60. The summed E-state index contributed by atoms with van der Waals surface area (Å²) in [4.78, 5) is 28.6. The fraction of sp³-hybridized carbons (Fsp3) is 0.556. The first-order chi connectivity index (χ1) is 11.8. The van der Waals surface area contributed by atoms with E-state index in [0.717, 1.165) is 31.2 Å². The highest BCUT2D eigenvalue weighted by Gasteiger charge is 2.54. The third kappa shape index (κ3) is 3.50. The van der Waals surface area contributed by atoms with Crippen molar-refractivity contribution in [3.8, 4) is 0 Å². The minimum Gasteiger partial charge on any atom is -0.323 e. The molecule has 5 nitrogen and oxygen atoms in total. The smallest absolute Gasteiger partial charge is 0.323 e. The monoisotopic (exact) mass is 383 g/mol. The molecule has 1 aromatic rings. The molecule has 0 radical (unpaired) electrons. The molecular weight excluding hydrogens is 361 g/mol. The highest BCUT2D eigenvalue weighted by Crippen LogP contribution is 2.38. The average Bonchev–Trinajstić information content (AvgIpc) is 2.79. The third-order valence-electron chi connectivity index (χ3n) is 5.32. The van der Waals surface area contributed by atoms with Gasteiger partial charge in [0.15, 0.2) is 0 Å². The van der Waals surface area contributed by atoms with Crippen molar-refractivity contribution in [1.82, 2.24) is 15.1 Å². The number of imide groups is 1. The first kappa shape index (κ1) is 18.5. The van der Waals surface area contributed by atoms with Crippen molar-refractivity contribution in [1.29, 1.82) is 0 Å². The predicted octanol–water partition coefficient (Wildman–Crippen LogP) is 3.88. The summed E-state index contributed by atoms with van der Waals surface area (Å²) in [6.45, 7) is 2.87. The predicted molar refractivity (Wildman–Crippen MR) is 98.5 cm³/mol. The Morgan fingerprint density at radius 1 is 1.28 bits per heavy atom. The Morgan fingerprint density at radius 3 is 2.72 bits per heavy atom. The molecule has 1 aromatic carbocycles. The van der Waals surface area contributed by atoms with E-state index >= 15 is 0 Å². The van der Waals surface area contributed by atoms with E-state index in [1.165, 1.54) is 4.90 Å². The quantitative estimate of drug-likeness (QED) is 0.802. The van der Waals surface area contributed by atoms with Crippen LogP contribution >= 0.6 is 23.2 Å². The molecule has 1 aliphatic heterocycles. The molecule has 3 amide bonds. The maximum Gasteiger partial charge on any atom is 0.326 e. The third-order valence-corrected chi connectivity index (χ3v) is 6.06. The maximum atomic E-state index is 13.0. The van der Waals surface area contributed by atoms with Gasteiger partial charge in [-0.25, -0.2) is 9.69 Å². The van der Waals surface area contributed by atoms with Gasteiger partial charge in [0.2, 0.25) is 0 Å². The summed E-state index contributed by atoms with van der Waals surface area (Å²) in [7, 11) is 1.87. The Kier molecular flexibility index (Phi) is 5.28. The number of hydrogen-bond acceptors (Lipinski definition) is 3. The number of nitrogens with one attached hydrogen (secondary N) is 1. The molecule has 2 atom stereocenters. The molecule has 136 valence electrons. The standard InChI is InChI=1S/C18H23Cl2N3O2/c1-12-5-3-4-8-18(12)16(24)23(17(25)21-18)11-22(2)10-13-6-7-14(19)15(20)9-13/h6-7,9,12H,3-5,8,10-11H2,1-2H3,(H,21,25)/t12-,18-/m0/s1. The molecule has 0 bridgehead atoms. The van der Waals surface area contributed by atoms with Gasteiger partial charge in [-0.1, -0.05) is 49.0 Å². The number of benzene rings is 1. The molecule has 1 N–H and O–H groups in total. The number of rotatable bonds is 4. The van der Waals surface area contributed by atoms with Gasteiger partial charge in [-0.05, 0) is 43.5 Å². The van der Waals surface area contributed by atoms with Gasteiger partial charge < -0.3 is 5.32 Å². The number of hydrogen-bond donors (Lipinski definition) is 1. The van der Waals surface area contributed by atoms with Gasteiger partial charge in [0.25, 0.3) is 5.91 Å². The molecule has 25 heavy (non-hydrogen) atoms. The molecule has 2 fully saturated rings. The minimum atomic E-state index is -0.709. The molecule has 3 rings (SSSR count). The van der Waals surface area contributed by atoms with Crippen molar-refractivity contribution in [3.05, 3.63) is 33.8 Å². The van der Waals surface area contributed by atoms with Crippen LogP contribution in [0.5, 0.6) is 0 Å². The van der Waals surface area contributed by atoms with Crippen LogP contribution in [0.15, 0.2) is 18.2 Å². The zero-order valence-corrected chi connectivity index (χ0v) is 16.0. The number of urea groups is 1. The van der Waals surface area contributed by atoms with Crippen LogP contribution in [0.1, 0.15) is 38.2 Å². The second-order valence-corrected chi connectivity index (χ2v) is 8.00. The summed E-state index contributed by atoms with van der Waals surface area (Å²) in [5.41, 5.74) is 0.268. The van der Waals surface area contributed by atoms with Crippen LogP contribution in [0, 0.1) is 5.92 Å². The molecule has 2 aliphatic rings. The van der Waals surface area contributed by atoms with Gasteiger partial charge in [0, 0.05) is 6.54 Å². The van der Waals surface area contributed by atoms with Crippen LogP contribution in [-0.4, -0.2) is 41.0 Å². The lowest BCUT2D eigenvalue weighted by Gasteiger charge is -2.37. The molecule has 0 unspecified atom stereocenters. The van der Waals surface area contributed by atoms with Crippen molar-refractivity contribution in [2.75, 3.05) is 13.7 Å². The molecule has 1 saturated heterocycles. The van der Waals surface area contributed by atoms with E-state index < -0.39 is 5.54 Å². The Morgan fingerprint density at radius 2 is 2.04 bits per heavy atom. The van der Waals surface area contributed by atoms with Crippen LogP contribution in [0.4, 0.5) is 4.79 Å². The summed E-state index contributed by atoms with van der Waals surface area (Å²) in [5, 5.41) is 3.98. The van der Waals surface area contributed by atoms with E-state index in [1.807, 2.05) is 18.0 Å². The SMILES string of the molecule is C[C@H]1CCCC[C@]12NC(=O)N(CN(C)Cc1ccc(Cl)c(Cl)c1)C2=O. The molecule has 1 saturated carbocycles. The van der Waals surface area contributed by atoms with Crippen molar-refractivity contribution in [3.63, 3.8) is 0 Å². The van der Waals surface area contributed by atoms with Crippen LogP contribution in [-0.2, 0) is 11.3 Å². The number of carbonyl (C=O) groups excluding carboxylic acids is 2. The van der Waals surface area contributed by atoms with E-state index in [4.69, 9.17) is 23.2 Å². The lowest BCUT2D eigenvalue weighted by atomic mass is 9.73. The summed E-state index contributed by atoms with van der Waals surface area (Å²) < 4.78 is 0. The summed E-state index contributed by atoms with van der Waals surface area (Å²) in [6.07, 6.45) is 3.79. The number of nitrogens with zero attached hydrogens (tertiary/aromatic N) is 2. The zero-order chi connectivity index (χ0) is 18.2. The van der Waals surface area contributed by atoms with Gasteiger partial charge in [-0.15, -0.1) is 0 Å². The summed E-state index contributed by atoms with van der Waals surface area (Å²) >= 11 is 12.0. The molecule has 1 aliphatic carbocycles. The summed E-state index contributed by atoms with van der Waals surface area (Å²) in [5.74, 6) is 0.0776. The second-order valence-electron chi connectivity index (χ2n) is 7.19. The van der Waals surface area contributed by atoms with E-state index in [0.29, 0.717) is 16.6 Å². The Bertz CT molecular complexity index is 697. The van der Waals surface area contributed by atoms with Gasteiger partial charge in [-0.3, -0.25) is 9.69 Å². The number of carbonyl (C=O) groups is 2. The van der Waals surface area contributed by atoms with Crippen molar-refractivity contribution in [2.24, 2.45) is 5.92 Å². The highest BCUT2D eigenvalue weighted by molar-refractivity contribution is 6.42. The second kappa shape index (κ2) is 7.14. The molecule has 7 heteroatoms. The fourth-order valence-electron chi connectivity index (χ4n) is 3.86. The van der Waals surface area contributed by atoms with Gasteiger partial charge in [0.05, 0.1) is 16.7 Å². The van der Waals surface area contributed by atoms with Crippen molar-refractivity contribution in [2.45, 2.75) is 44.7 Å². The van der Waals surface area contributed by atoms with Gasteiger partial charge >= 0.3 is 6.03 Å². The molecule has 0 aromatic heterocycles. The number of halogens is 2. The molecule has 1 heterocycles. The maximum absolute atomic E-state index is 13.0. The van der Waals surface area contributed by atoms with Crippen LogP contribution in [0.2, 0.25) is 10.0 Å². The van der Waals surface area contributed by atoms with Crippen molar-refractivity contribution < 1.29 is 9.59 Å². The topological polar surface area (TPSA) is 52.7 Å². The lowest BCUT2D eigenvalue weighted by Crippen LogP contribution is -2.54. The normalized spacial score (nSPS) is 26.6. The molecular formula is C18H23Cl2N3O2. The fourth-order valence-corrected chi connectivity index (χ4v) is 4.19. The van der Waals surface area contributed by atoms with E-state index in [1.54, 1.807) is 12.1 Å². The number of amides is 3. The largest absolute Gasteiger partial charge is 0.326 e. The average molecular weight is 384 g/mol. The first-order valence-corrected chi connectivity index (χ1v) is 9.35. The Labute approximate surface area is 158 Å². The van der Waals surface area contributed by atoms with Gasteiger partial charge in [0.1, 0.15) is 5.54 Å². The zero-order valence-electron chi connectivity index (χ0n) is 14.5. The van der Waals surface area contributed by atoms with Crippen LogP contribution in [0.25, 0.3) is 0 Å². The van der Waals surface area contributed by atoms with Crippen molar-refractivity contribution >= 4 is 35.1 Å². The van der Waals surface area contributed by atoms with E-state index in [2.05, 4.69) is 12.2 Å². The highest BCUT2D eigenvalue weighted by atomic mass is 35.5. The lowest BCUT2D eigenvalue weighted by molar-refractivity contribution is -0.135. The van der Waals surface area contributed by atoms with Crippen LogP contribution in [0.3, 0.4) is 0 Å². The Hall–Kier alpha value is -1.30.